The van der Waals surface area contributed by atoms with Crippen molar-refractivity contribution < 1.29 is 9.59 Å². The standard InChI is InChI=1S/C14H22N2O2S/c17-11-14(7-2-1-3-8-14)15-12(18)16(11)9-13(10-19)5-4-6-13/h19H,1-10H2,(H,15,18). The van der Waals surface area contributed by atoms with Gasteiger partial charge in [-0.25, -0.2) is 4.79 Å². The van der Waals surface area contributed by atoms with Crippen molar-refractivity contribution in [3.63, 3.8) is 0 Å². The third-order valence-electron chi connectivity index (χ3n) is 5.20. The first-order chi connectivity index (χ1) is 9.11. The van der Waals surface area contributed by atoms with Gasteiger partial charge in [0.1, 0.15) is 5.54 Å². The highest BCUT2D eigenvalue weighted by Gasteiger charge is 2.53. The van der Waals surface area contributed by atoms with Gasteiger partial charge in [0.25, 0.3) is 5.91 Å². The van der Waals surface area contributed by atoms with Crippen LogP contribution in [-0.4, -0.2) is 34.7 Å². The number of carbonyl (C=O) groups excluding carboxylic acids is 2. The maximum atomic E-state index is 12.6. The summed E-state index contributed by atoms with van der Waals surface area (Å²) in [5.74, 6) is 0.780. The number of amides is 3. The van der Waals surface area contributed by atoms with E-state index in [1.165, 1.54) is 17.7 Å². The molecule has 2 saturated carbocycles. The highest BCUT2D eigenvalue weighted by Crippen LogP contribution is 2.44. The summed E-state index contributed by atoms with van der Waals surface area (Å²) in [6, 6.07) is -0.181. The van der Waals surface area contributed by atoms with Crippen molar-refractivity contribution in [1.29, 1.82) is 0 Å². The fourth-order valence-electron chi connectivity index (χ4n) is 3.69. The molecule has 3 amide bonds. The van der Waals surface area contributed by atoms with Crippen LogP contribution in [0.5, 0.6) is 0 Å². The summed E-state index contributed by atoms with van der Waals surface area (Å²) >= 11 is 4.41. The molecule has 0 aromatic rings. The zero-order chi connectivity index (χ0) is 13.5. The Balaban J connectivity index is 1.75. The molecule has 0 aromatic carbocycles. The second-order valence-corrected chi connectivity index (χ2v) is 6.79. The molecule has 3 aliphatic rings. The fraction of sp³-hybridized carbons (Fsp3) is 0.857. The summed E-state index contributed by atoms with van der Waals surface area (Å²) in [6.45, 7) is 0.558. The monoisotopic (exact) mass is 282 g/mol. The minimum atomic E-state index is -0.573. The summed E-state index contributed by atoms with van der Waals surface area (Å²) < 4.78 is 0. The molecule has 2 aliphatic carbocycles. The second-order valence-electron chi connectivity index (χ2n) is 6.48. The number of imide groups is 1. The molecule has 5 heteroatoms. The van der Waals surface area contributed by atoms with Gasteiger partial charge in [0.15, 0.2) is 0 Å². The minimum Gasteiger partial charge on any atom is -0.323 e. The van der Waals surface area contributed by atoms with E-state index in [1.807, 2.05) is 0 Å². The molecule has 1 aliphatic heterocycles. The van der Waals surface area contributed by atoms with Crippen LogP contribution in [0, 0.1) is 5.41 Å². The van der Waals surface area contributed by atoms with Crippen molar-refractivity contribution in [3.05, 3.63) is 0 Å². The molecule has 4 nitrogen and oxygen atoms in total. The third kappa shape index (κ3) is 2.06. The number of nitrogens with one attached hydrogen (secondary N) is 1. The lowest BCUT2D eigenvalue weighted by Crippen LogP contribution is -2.50. The fourth-order valence-corrected chi connectivity index (χ4v) is 4.11. The third-order valence-corrected chi connectivity index (χ3v) is 5.87. The second kappa shape index (κ2) is 4.69. The Bertz CT molecular complexity index is 395. The average molecular weight is 282 g/mol. The first-order valence-corrected chi connectivity index (χ1v) is 7.99. The van der Waals surface area contributed by atoms with Crippen LogP contribution in [0.25, 0.3) is 0 Å². The van der Waals surface area contributed by atoms with Gasteiger partial charge in [-0.3, -0.25) is 9.69 Å². The average Bonchev–Trinajstić information content (AvgIpc) is 2.58. The van der Waals surface area contributed by atoms with Crippen molar-refractivity contribution in [2.75, 3.05) is 12.3 Å². The van der Waals surface area contributed by atoms with E-state index in [0.717, 1.165) is 44.3 Å². The molecular weight excluding hydrogens is 260 g/mol. The topological polar surface area (TPSA) is 49.4 Å². The van der Waals surface area contributed by atoms with E-state index in [2.05, 4.69) is 17.9 Å². The van der Waals surface area contributed by atoms with E-state index in [4.69, 9.17) is 0 Å². The SMILES string of the molecule is O=C1NC2(CCCCC2)C(=O)N1CC1(CS)CCC1. The molecule has 106 valence electrons. The van der Waals surface area contributed by atoms with Gasteiger partial charge in [0, 0.05) is 6.54 Å². The number of urea groups is 1. The zero-order valence-electron chi connectivity index (χ0n) is 11.3. The first-order valence-electron chi connectivity index (χ1n) is 7.36. The molecule has 0 aromatic heterocycles. The number of thiol groups is 1. The molecule has 1 N–H and O–H groups in total. The lowest BCUT2D eigenvalue weighted by Gasteiger charge is -2.42. The molecule has 3 rings (SSSR count). The Kier molecular flexibility index (Phi) is 3.28. The maximum absolute atomic E-state index is 12.6. The van der Waals surface area contributed by atoms with Crippen molar-refractivity contribution in [1.82, 2.24) is 10.2 Å². The van der Waals surface area contributed by atoms with Gasteiger partial charge in [-0.2, -0.15) is 12.6 Å². The van der Waals surface area contributed by atoms with E-state index in [0.29, 0.717) is 6.54 Å². The van der Waals surface area contributed by atoms with Crippen LogP contribution in [-0.2, 0) is 4.79 Å². The lowest BCUT2D eigenvalue weighted by molar-refractivity contribution is -0.134. The van der Waals surface area contributed by atoms with Gasteiger partial charge in [-0.1, -0.05) is 25.7 Å². The van der Waals surface area contributed by atoms with E-state index in [-0.39, 0.29) is 17.4 Å². The van der Waals surface area contributed by atoms with Crippen LogP contribution in [0.4, 0.5) is 4.79 Å². The van der Waals surface area contributed by atoms with E-state index in [1.54, 1.807) is 0 Å². The molecular formula is C14H22N2O2S. The number of nitrogens with zero attached hydrogens (tertiary/aromatic N) is 1. The molecule has 0 bridgehead atoms. The molecule has 0 radical (unpaired) electrons. The van der Waals surface area contributed by atoms with Crippen molar-refractivity contribution in [3.8, 4) is 0 Å². The van der Waals surface area contributed by atoms with Crippen LogP contribution < -0.4 is 5.32 Å². The van der Waals surface area contributed by atoms with Crippen LogP contribution >= 0.6 is 12.6 Å². The van der Waals surface area contributed by atoms with E-state index in [9.17, 15) is 9.59 Å². The van der Waals surface area contributed by atoms with Crippen LogP contribution in [0.3, 0.4) is 0 Å². The molecule has 0 atom stereocenters. The van der Waals surface area contributed by atoms with Gasteiger partial charge >= 0.3 is 6.03 Å². The maximum Gasteiger partial charge on any atom is 0.325 e. The molecule has 1 heterocycles. The highest BCUT2D eigenvalue weighted by atomic mass is 32.1. The highest BCUT2D eigenvalue weighted by molar-refractivity contribution is 7.80. The summed E-state index contributed by atoms with van der Waals surface area (Å²) in [4.78, 5) is 26.3. The van der Waals surface area contributed by atoms with Crippen molar-refractivity contribution >= 4 is 24.6 Å². The summed E-state index contributed by atoms with van der Waals surface area (Å²) in [6.07, 6.45) is 8.22. The predicted molar refractivity (Wildman–Crippen MR) is 76.2 cm³/mol. The summed E-state index contributed by atoms with van der Waals surface area (Å²) in [7, 11) is 0. The molecule has 1 spiro atoms. The van der Waals surface area contributed by atoms with Crippen LogP contribution in [0.15, 0.2) is 0 Å². The minimum absolute atomic E-state index is 0.0188. The Hall–Kier alpha value is -0.710. The zero-order valence-corrected chi connectivity index (χ0v) is 12.2. The summed E-state index contributed by atoms with van der Waals surface area (Å²) in [5.41, 5.74) is -0.493. The first kappa shape index (κ1) is 13.3. The van der Waals surface area contributed by atoms with Gasteiger partial charge in [-0.15, -0.1) is 0 Å². The van der Waals surface area contributed by atoms with Gasteiger partial charge in [0.05, 0.1) is 0 Å². The normalized spacial score (nSPS) is 28.4. The number of hydrogen-bond donors (Lipinski definition) is 2. The summed E-state index contributed by atoms with van der Waals surface area (Å²) in [5, 5.41) is 2.98. The molecule has 0 unspecified atom stereocenters. The van der Waals surface area contributed by atoms with Crippen molar-refractivity contribution in [2.45, 2.75) is 56.9 Å². The number of carbonyl (C=O) groups is 2. The smallest absolute Gasteiger partial charge is 0.323 e. The quantitative estimate of drug-likeness (QED) is 0.616. The largest absolute Gasteiger partial charge is 0.325 e. The Morgan fingerprint density at radius 3 is 2.26 bits per heavy atom. The number of rotatable bonds is 3. The Morgan fingerprint density at radius 2 is 1.74 bits per heavy atom. The van der Waals surface area contributed by atoms with Gasteiger partial charge in [0.2, 0.25) is 0 Å². The lowest BCUT2D eigenvalue weighted by atomic mass is 9.70. The molecule has 1 saturated heterocycles. The van der Waals surface area contributed by atoms with Crippen molar-refractivity contribution in [2.24, 2.45) is 5.41 Å². The van der Waals surface area contributed by atoms with E-state index >= 15 is 0 Å². The van der Waals surface area contributed by atoms with Gasteiger partial charge < -0.3 is 5.32 Å². The van der Waals surface area contributed by atoms with Crippen LogP contribution in [0.2, 0.25) is 0 Å². The predicted octanol–water partition coefficient (Wildman–Crippen LogP) is 2.34. The Labute approximate surface area is 119 Å². The molecule has 19 heavy (non-hydrogen) atoms. The Morgan fingerprint density at radius 1 is 1.05 bits per heavy atom. The van der Waals surface area contributed by atoms with E-state index < -0.39 is 5.54 Å². The van der Waals surface area contributed by atoms with Gasteiger partial charge in [-0.05, 0) is 36.9 Å². The van der Waals surface area contributed by atoms with Crippen LogP contribution in [0.1, 0.15) is 51.4 Å². The number of hydrogen-bond acceptors (Lipinski definition) is 3. The molecule has 3 fully saturated rings.